The molecule has 2 atom stereocenters. The number of hydrogen-bond donors (Lipinski definition) is 2. The number of aldehydes is 1. The molecular weight excluding hydrogens is 206 g/mol. The standard InChI is InChI=1S/C12H17NO3/c1-3-11(15)12(13,16-2)10-7-5-4-6-9(10)8-14/h4-8,11,15H,3,13H2,1-2H3/t11-,12-/m1/s1. The largest absolute Gasteiger partial charge is 0.388 e. The number of hydrogen-bond acceptors (Lipinski definition) is 4. The van der Waals surface area contributed by atoms with Crippen molar-refractivity contribution in [2.45, 2.75) is 25.2 Å². The number of rotatable bonds is 5. The van der Waals surface area contributed by atoms with Crippen LogP contribution in [0.3, 0.4) is 0 Å². The molecule has 0 amide bonds. The van der Waals surface area contributed by atoms with Gasteiger partial charge in [-0.2, -0.15) is 0 Å². The van der Waals surface area contributed by atoms with Crippen LogP contribution in [0.25, 0.3) is 0 Å². The third-order valence-corrected chi connectivity index (χ3v) is 2.73. The molecule has 0 bridgehead atoms. The maximum absolute atomic E-state index is 10.9. The first kappa shape index (κ1) is 12.8. The van der Waals surface area contributed by atoms with Crippen molar-refractivity contribution in [1.82, 2.24) is 0 Å². The summed E-state index contributed by atoms with van der Waals surface area (Å²) in [5.74, 6) is 0. The Kier molecular flexibility index (Phi) is 4.18. The Bertz CT molecular complexity index is 367. The van der Waals surface area contributed by atoms with Gasteiger partial charge >= 0.3 is 0 Å². The third-order valence-electron chi connectivity index (χ3n) is 2.73. The van der Waals surface area contributed by atoms with Gasteiger partial charge in [-0.3, -0.25) is 10.5 Å². The zero-order valence-corrected chi connectivity index (χ0v) is 9.51. The summed E-state index contributed by atoms with van der Waals surface area (Å²) in [4.78, 5) is 10.9. The summed E-state index contributed by atoms with van der Waals surface area (Å²) in [7, 11) is 1.42. The molecule has 16 heavy (non-hydrogen) atoms. The molecule has 0 radical (unpaired) electrons. The van der Waals surface area contributed by atoms with Crippen LogP contribution in [0, 0.1) is 0 Å². The second-order valence-electron chi connectivity index (χ2n) is 3.63. The topological polar surface area (TPSA) is 72.6 Å². The summed E-state index contributed by atoms with van der Waals surface area (Å²) in [5, 5.41) is 9.88. The van der Waals surface area contributed by atoms with E-state index in [1.165, 1.54) is 7.11 Å². The summed E-state index contributed by atoms with van der Waals surface area (Å²) in [6.45, 7) is 1.80. The van der Waals surface area contributed by atoms with Gasteiger partial charge in [0.25, 0.3) is 0 Å². The van der Waals surface area contributed by atoms with Gasteiger partial charge in [-0.1, -0.05) is 31.2 Å². The molecule has 88 valence electrons. The van der Waals surface area contributed by atoms with Crippen molar-refractivity contribution in [3.63, 3.8) is 0 Å². The quantitative estimate of drug-likeness (QED) is 0.577. The maximum Gasteiger partial charge on any atom is 0.169 e. The molecule has 1 aromatic rings. The third kappa shape index (κ3) is 2.14. The molecule has 0 unspecified atom stereocenters. The van der Waals surface area contributed by atoms with Crippen molar-refractivity contribution < 1.29 is 14.6 Å². The molecule has 0 fully saturated rings. The van der Waals surface area contributed by atoms with E-state index in [1.807, 2.05) is 0 Å². The summed E-state index contributed by atoms with van der Waals surface area (Å²) >= 11 is 0. The van der Waals surface area contributed by atoms with Gasteiger partial charge in [-0.05, 0) is 6.42 Å². The molecule has 4 nitrogen and oxygen atoms in total. The fourth-order valence-electron chi connectivity index (χ4n) is 1.68. The number of aliphatic hydroxyl groups excluding tert-OH is 1. The van der Waals surface area contributed by atoms with E-state index in [4.69, 9.17) is 10.5 Å². The SMILES string of the molecule is CC[C@@H](O)[C@](N)(OC)c1ccccc1C=O. The number of methoxy groups -OCH3 is 1. The van der Waals surface area contributed by atoms with E-state index in [1.54, 1.807) is 31.2 Å². The zero-order chi connectivity index (χ0) is 12.2. The number of aliphatic hydroxyl groups is 1. The van der Waals surface area contributed by atoms with E-state index in [0.29, 0.717) is 23.8 Å². The van der Waals surface area contributed by atoms with Crippen LogP contribution in [0.15, 0.2) is 24.3 Å². The molecule has 3 N–H and O–H groups in total. The number of nitrogens with two attached hydrogens (primary N) is 1. The fourth-order valence-corrected chi connectivity index (χ4v) is 1.68. The molecule has 0 heterocycles. The van der Waals surface area contributed by atoms with Crippen LogP contribution in [0.5, 0.6) is 0 Å². The minimum absolute atomic E-state index is 0.430. The lowest BCUT2D eigenvalue weighted by Crippen LogP contribution is -2.49. The first-order chi connectivity index (χ1) is 7.60. The Balaban J connectivity index is 3.26. The van der Waals surface area contributed by atoms with Crippen LogP contribution in [-0.2, 0) is 10.5 Å². The van der Waals surface area contributed by atoms with Crippen LogP contribution in [0.2, 0.25) is 0 Å². The maximum atomic E-state index is 10.9. The highest BCUT2D eigenvalue weighted by Gasteiger charge is 2.36. The minimum atomic E-state index is -1.34. The summed E-state index contributed by atoms with van der Waals surface area (Å²) < 4.78 is 5.19. The molecule has 0 aromatic heterocycles. The van der Waals surface area contributed by atoms with E-state index in [2.05, 4.69) is 0 Å². The molecular formula is C12H17NO3. The van der Waals surface area contributed by atoms with Gasteiger partial charge in [0.2, 0.25) is 0 Å². The molecule has 0 aliphatic rings. The van der Waals surface area contributed by atoms with Gasteiger partial charge in [0.15, 0.2) is 5.72 Å². The Morgan fingerprint density at radius 3 is 2.69 bits per heavy atom. The Morgan fingerprint density at radius 1 is 1.56 bits per heavy atom. The molecule has 0 aliphatic carbocycles. The van der Waals surface area contributed by atoms with Crippen LogP contribution < -0.4 is 5.73 Å². The van der Waals surface area contributed by atoms with Gasteiger partial charge in [-0.15, -0.1) is 0 Å². The lowest BCUT2D eigenvalue weighted by Gasteiger charge is -2.33. The molecule has 0 saturated heterocycles. The highest BCUT2D eigenvalue weighted by molar-refractivity contribution is 5.77. The number of carbonyl (C=O) groups is 1. The van der Waals surface area contributed by atoms with Crippen molar-refractivity contribution in [3.8, 4) is 0 Å². The highest BCUT2D eigenvalue weighted by atomic mass is 16.5. The Labute approximate surface area is 95.0 Å². The molecule has 1 rings (SSSR count). The van der Waals surface area contributed by atoms with E-state index in [-0.39, 0.29) is 0 Å². The predicted octanol–water partition coefficient (Wildman–Crippen LogP) is 1.03. The first-order valence-electron chi connectivity index (χ1n) is 5.17. The van der Waals surface area contributed by atoms with Crippen LogP contribution in [-0.4, -0.2) is 24.6 Å². The molecule has 0 aliphatic heterocycles. The zero-order valence-electron chi connectivity index (χ0n) is 9.51. The lowest BCUT2D eigenvalue weighted by atomic mass is 9.92. The molecule has 0 saturated carbocycles. The smallest absolute Gasteiger partial charge is 0.169 e. The van der Waals surface area contributed by atoms with Crippen LogP contribution in [0.1, 0.15) is 29.3 Å². The highest BCUT2D eigenvalue weighted by Crippen LogP contribution is 2.27. The fraction of sp³-hybridized carbons (Fsp3) is 0.417. The normalized spacial score (nSPS) is 16.5. The Morgan fingerprint density at radius 2 is 2.19 bits per heavy atom. The number of benzene rings is 1. The minimum Gasteiger partial charge on any atom is -0.388 e. The first-order valence-corrected chi connectivity index (χ1v) is 5.17. The van der Waals surface area contributed by atoms with Gasteiger partial charge in [0.05, 0.1) is 0 Å². The average Bonchev–Trinajstić information content (AvgIpc) is 2.36. The van der Waals surface area contributed by atoms with Crippen molar-refractivity contribution in [2.75, 3.05) is 7.11 Å². The van der Waals surface area contributed by atoms with E-state index in [9.17, 15) is 9.90 Å². The molecule has 0 spiro atoms. The van der Waals surface area contributed by atoms with Crippen molar-refractivity contribution in [1.29, 1.82) is 0 Å². The van der Waals surface area contributed by atoms with Gasteiger partial charge in [-0.25, -0.2) is 0 Å². The second kappa shape index (κ2) is 5.21. The van der Waals surface area contributed by atoms with E-state index in [0.717, 1.165) is 0 Å². The lowest BCUT2D eigenvalue weighted by molar-refractivity contribution is -0.106. The average molecular weight is 223 g/mol. The second-order valence-corrected chi connectivity index (χ2v) is 3.63. The Hall–Kier alpha value is -1.23. The molecule has 4 heteroatoms. The summed E-state index contributed by atoms with van der Waals surface area (Å²) in [5.41, 5.74) is 5.61. The number of carbonyl (C=O) groups excluding carboxylic acids is 1. The van der Waals surface area contributed by atoms with E-state index < -0.39 is 11.8 Å². The molecule has 1 aromatic carbocycles. The van der Waals surface area contributed by atoms with E-state index >= 15 is 0 Å². The van der Waals surface area contributed by atoms with Crippen molar-refractivity contribution >= 4 is 6.29 Å². The van der Waals surface area contributed by atoms with Gasteiger partial charge < -0.3 is 9.84 Å². The number of ether oxygens (including phenoxy) is 1. The van der Waals surface area contributed by atoms with Gasteiger partial charge in [0, 0.05) is 18.2 Å². The van der Waals surface area contributed by atoms with Crippen molar-refractivity contribution in [3.05, 3.63) is 35.4 Å². The monoisotopic (exact) mass is 223 g/mol. The van der Waals surface area contributed by atoms with Crippen LogP contribution in [0.4, 0.5) is 0 Å². The van der Waals surface area contributed by atoms with Crippen LogP contribution >= 0.6 is 0 Å². The van der Waals surface area contributed by atoms with Crippen molar-refractivity contribution in [2.24, 2.45) is 5.73 Å². The predicted molar refractivity (Wildman–Crippen MR) is 61.0 cm³/mol. The summed E-state index contributed by atoms with van der Waals surface area (Å²) in [6, 6.07) is 6.82. The van der Waals surface area contributed by atoms with Gasteiger partial charge in [0.1, 0.15) is 12.4 Å². The summed E-state index contributed by atoms with van der Waals surface area (Å²) in [6.07, 6.45) is 0.286.